The number of hydrogen-bond acceptors (Lipinski definition) is 8. The summed E-state index contributed by atoms with van der Waals surface area (Å²) >= 11 is 0. The van der Waals surface area contributed by atoms with E-state index >= 15 is 0 Å². The van der Waals surface area contributed by atoms with Crippen LogP contribution in [0, 0.1) is 0 Å². The summed E-state index contributed by atoms with van der Waals surface area (Å²) in [7, 11) is -1.35. The monoisotopic (exact) mass is 402 g/mol. The molecule has 0 saturated heterocycles. The Morgan fingerprint density at radius 2 is 0.621 bits per heavy atom. The first-order chi connectivity index (χ1) is 13.7. The van der Waals surface area contributed by atoms with E-state index in [1.54, 1.807) is 36.4 Å². The van der Waals surface area contributed by atoms with Crippen LogP contribution in [0.3, 0.4) is 0 Å². The number of para-hydroxylation sites is 6. The molecule has 0 unspecified atom stereocenters. The Morgan fingerprint density at radius 3 is 0.690 bits per heavy atom. The summed E-state index contributed by atoms with van der Waals surface area (Å²) in [6.07, 6.45) is 0. The number of aromatic hydroxyl groups is 6. The Balaban J connectivity index is 0.000000367. The maximum atomic E-state index is 8.67. The van der Waals surface area contributed by atoms with Crippen LogP contribution in [0.1, 0.15) is 0 Å². The second-order valence-electron chi connectivity index (χ2n) is 5.12. The molecule has 0 radical (unpaired) electrons. The van der Waals surface area contributed by atoms with Crippen LogP contribution in [0.25, 0.3) is 0 Å². The zero-order valence-corrected chi connectivity index (χ0v) is 15.4. The van der Waals surface area contributed by atoms with Crippen molar-refractivity contribution in [3.63, 3.8) is 0 Å². The maximum Gasteiger partial charge on any atom is 0.480 e. The lowest BCUT2D eigenvalue weighted by atomic mass is 9.94. The molecule has 0 aliphatic heterocycles. The van der Waals surface area contributed by atoms with Crippen LogP contribution < -0.4 is 0 Å². The molecule has 0 bridgehead atoms. The normalized spacial score (nSPS) is 8.62. The molecule has 0 aliphatic carbocycles. The van der Waals surface area contributed by atoms with Crippen LogP contribution in [0.5, 0.6) is 34.5 Å². The highest BCUT2D eigenvalue weighted by Crippen LogP contribution is 2.22. The van der Waals surface area contributed by atoms with Gasteiger partial charge in [0.25, 0.3) is 0 Å². The second kappa shape index (κ2) is 14.3. The SMILES string of the molecule is C=CB(O)O.Oc1ccccc1O.Oc1ccccc1O.Oc1ccccc1O. The lowest BCUT2D eigenvalue weighted by Gasteiger charge is -1.91. The Morgan fingerprint density at radius 1 is 0.483 bits per heavy atom. The van der Waals surface area contributed by atoms with Gasteiger partial charge in [0.05, 0.1) is 0 Å². The maximum absolute atomic E-state index is 8.67. The third-order valence-corrected chi connectivity index (χ3v) is 2.86. The Labute approximate surface area is 168 Å². The van der Waals surface area contributed by atoms with E-state index in [4.69, 9.17) is 40.7 Å². The van der Waals surface area contributed by atoms with Crippen molar-refractivity contribution in [2.45, 2.75) is 0 Å². The molecule has 0 heterocycles. The largest absolute Gasteiger partial charge is 0.504 e. The Kier molecular flexibility index (Phi) is 12.4. The van der Waals surface area contributed by atoms with E-state index in [2.05, 4.69) is 6.58 Å². The molecule has 9 heteroatoms. The van der Waals surface area contributed by atoms with Gasteiger partial charge in [-0.1, -0.05) is 42.4 Å². The standard InChI is InChI=1S/3C6H6O2.C2H5BO2/c3*7-5-3-1-2-4-6(5)8;1-2-3(4)5/h3*1-4,7-8H;2,4-5H,1H2. The highest BCUT2D eigenvalue weighted by Gasteiger charge is 1.92. The summed E-state index contributed by atoms with van der Waals surface area (Å²) < 4.78 is 0. The first-order valence-corrected chi connectivity index (χ1v) is 8.08. The molecule has 0 amide bonds. The number of phenolic OH excluding ortho intramolecular Hbond substituents is 6. The molecule has 0 saturated carbocycles. The fourth-order valence-electron chi connectivity index (χ4n) is 1.39. The second-order valence-corrected chi connectivity index (χ2v) is 5.12. The quantitative estimate of drug-likeness (QED) is 0.227. The molecule has 3 rings (SSSR count). The molecular weight excluding hydrogens is 379 g/mol. The first kappa shape index (κ1) is 25.2. The molecule has 29 heavy (non-hydrogen) atoms. The molecule has 8 nitrogen and oxygen atoms in total. The van der Waals surface area contributed by atoms with Crippen molar-refractivity contribution in [3.05, 3.63) is 85.4 Å². The molecule has 154 valence electrons. The minimum atomic E-state index is -1.35. The van der Waals surface area contributed by atoms with Gasteiger partial charge in [-0.3, -0.25) is 0 Å². The molecule has 8 N–H and O–H groups in total. The van der Waals surface area contributed by atoms with E-state index in [0.717, 1.165) is 5.98 Å². The van der Waals surface area contributed by atoms with Crippen molar-refractivity contribution < 1.29 is 40.7 Å². The molecule has 3 aromatic rings. The van der Waals surface area contributed by atoms with Crippen LogP contribution in [-0.2, 0) is 0 Å². The van der Waals surface area contributed by atoms with Crippen molar-refractivity contribution in [2.24, 2.45) is 0 Å². The van der Waals surface area contributed by atoms with Gasteiger partial charge in [-0.15, -0.1) is 6.58 Å². The topological polar surface area (TPSA) is 162 Å². The van der Waals surface area contributed by atoms with Gasteiger partial charge < -0.3 is 40.7 Å². The highest BCUT2D eigenvalue weighted by molar-refractivity contribution is 6.47. The van der Waals surface area contributed by atoms with Crippen LogP contribution in [0.4, 0.5) is 0 Å². The zero-order valence-electron chi connectivity index (χ0n) is 15.4. The van der Waals surface area contributed by atoms with Gasteiger partial charge in [0.1, 0.15) is 0 Å². The van der Waals surface area contributed by atoms with Crippen molar-refractivity contribution in [2.75, 3.05) is 0 Å². The summed E-state index contributed by atoms with van der Waals surface area (Å²) in [6.45, 7) is 3.06. The van der Waals surface area contributed by atoms with Crippen LogP contribution >= 0.6 is 0 Å². The van der Waals surface area contributed by atoms with Gasteiger partial charge in [0.2, 0.25) is 0 Å². The number of phenols is 6. The van der Waals surface area contributed by atoms with E-state index in [-0.39, 0.29) is 34.5 Å². The van der Waals surface area contributed by atoms with Crippen molar-refractivity contribution in [3.8, 4) is 34.5 Å². The molecule has 0 spiro atoms. The van der Waals surface area contributed by atoms with E-state index < -0.39 is 7.12 Å². The molecule has 0 aliphatic rings. The lowest BCUT2D eigenvalue weighted by molar-refractivity contribution is 0.404. The Hall–Kier alpha value is -3.82. The van der Waals surface area contributed by atoms with E-state index in [1.807, 2.05) is 0 Å². The minimum Gasteiger partial charge on any atom is -0.504 e. The minimum absolute atomic E-state index is 0.0764. The van der Waals surface area contributed by atoms with Crippen molar-refractivity contribution in [1.29, 1.82) is 0 Å². The number of benzene rings is 3. The van der Waals surface area contributed by atoms with Gasteiger partial charge in [-0.2, -0.15) is 0 Å². The third kappa shape index (κ3) is 12.2. The van der Waals surface area contributed by atoms with Gasteiger partial charge in [0, 0.05) is 0 Å². The van der Waals surface area contributed by atoms with E-state index in [9.17, 15) is 0 Å². The molecule has 0 atom stereocenters. The first-order valence-electron chi connectivity index (χ1n) is 8.08. The number of rotatable bonds is 1. The number of hydrogen-bond donors (Lipinski definition) is 8. The average molecular weight is 402 g/mol. The third-order valence-electron chi connectivity index (χ3n) is 2.86. The molecule has 0 fully saturated rings. The van der Waals surface area contributed by atoms with E-state index in [0.29, 0.717) is 0 Å². The van der Waals surface area contributed by atoms with Gasteiger partial charge >= 0.3 is 7.12 Å². The molecule has 3 aromatic carbocycles. The van der Waals surface area contributed by atoms with Crippen molar-refractivity contribution >= 4 is 7.12 Å². The summed E-state index contributed by atoms with van der Waals surface area (Å²) in [5.41, 5.74) is 0. The highest BCUT2D eigenvalue weighted by atomic mass is 16.4. The van der Waals surface area contributed by atoms with Gasteiger partial charge in [-0.25, -0.2) is 0 Å². The summed E-state index contributed by atoms with van der Waals surface area (Å²) in [4.78, 5) is 0. The fourth-order valence-corrected chi connectivity index (χ4v) is 1.39. The average Bonchev–Trinajstić information content (AvgIpc) is 2.70. The van der Waals surface area contributed by atoms with Gasteiger partial charge in [0.15, 0.2) is 34.5 Å². The zero-order chi connectivity index (χ0) is 22.2. The summed E-state index contributed by atoms with van der Waals surface area (Å²) in [5, 5.41) is 67.6. The predicted octanol–water partition coefficient (Wildman–Crippen LogP) is 2.48. The Bertz CT molecular complexity index is 689. The van der Waals surface area contributed by atoms with E-state index in [1.165, 1.54) is 36.4 Å². The smallest absolute Gasteiger partial charge is 0.480 e. The lowest BCUT2D eigenvalue weighted by Crippen LogP contribution is -2.03. The fraction of sp³-hybridized carbons (Fsp3) is 0. The molecular formula is C20H23BO8. The van der Waals surface area contributed by atoms with Crippen molar-refractivity contribution in [1.82, 2.24) is 0 Å². The van der Waals surface area contributed by atoms with Gasteiger partial charge in [-0.05, 0) is 36.4 Å². The predicted molar refractivity (Wildman–Crippen MR) is 110 cm³/mol. The van der Waals surface area contributed by atoms with Crippen LogP contribution in [-0.4, -0.2) is 47.8 Å². The summed E-state index contributed by atoms with van der Waals surface area (Å²) in [6, 6.07) is 18.4. The van der Waals surface area contributed by atoms with Crippen LogP contribution in [0.15, 0.2) is 85.4 Å². The summed E-state index contributed by atoms with van der Waals surface area (Å²) in [5.74, 6) is 0.569. The van der Waals surface area contributed by atoms with Crippen LogP contribution in [0.2, 0.25) is 0 Å². The molecule has 0 aromatic heterocycles.